The predicted molar refractivity (Wildman–Crippen MR) is 121 cm³/mol. The number of aliphatic hydroxyl groups excluding tert-OH is 2. The molecule has 0 aromatic rings. The van der Waals surface area contributed by atoms with Crippen molar-refractivity contribution < 1.29 is 14.9 Å². The summed E-state index contributed by atoms with van der Waals surface area (Å²) in [6.07, 6.45) is 13.2. The summed E-state index contributed by atoms with van der Waals surface area (Å²) in [6.45, 7) is 8.78. The number of fused-ring (bicyclic) bond motifs is 7. The van der Waals surface area contributed by atoms with Gasteiger partial charge in [0.25, 0.3) is 0 Å². The Bertz CT molecular complexity index is 758. The monoisotopic (exact) mass is 429 g/mol. The quantitative estimate of drug-likeness (QED) is 0.545. The lowest BCUT2D eigenvalue weighted by atomic mass is 9.47. The zero-order valence-electron chi connectivity index (χ0n) is 19.8. The highest BCUT2D eigenvalue weighted by atomic mass is 16.5. The molecule has 6 rings (SSSR count). The van der Waals surface area contributed by atoms with Crippen molar-refractivity contribution in [1.82, 2.24) is 5.32 Å². The molecule has 3 saturated carbocycles. The Morgan fingerprint density at radius 1 is 1.13 bits per heavy atom. The summed E-state index contributed by atoms with van der Waals surface area (Å²) in [5.74, 6) is 3.94. The Kier molecular flexibility index (Phi) is 4.80. The first-order valence-corrected chi connectivity index (χ1v) is 13.2. The maximum Gasteiger partial charge on any atom is 0.122 e. The molecule has 31 heavy (non-hydrogen) atoms. The zero-order chi connectivity index (χ0) is 21.6. The molecule has 6 aliphatic rings. The van der Waals surface area contributed by atoms with Crippen LogP contribution < -0.4 is 5.32 Å². The molecule has 0 amide bonds. The van der Waals surface area contributed by atoms with Crippen LogP contribution in [0.25, 0.3) is 0 Å². The van der Waals surface area contributed by atoms with Crippen LogP contribution in [0.15, 0.2) is 11.6 Å². The van der Waals surface area contributed by atoms with Crippen LogP contribution in [0.4, 0.5) is 0 Å². The van der Waals surface area contributed by atoms with Gasteiger partial charge in [-0.2, -0.15) is 0 Å². The molecule has 3 N–H and O–H groups in total. The van der Waals surface area contributed by atoms with Crippen LogP contribution in [0.2, 0.25) is 0 Å². The van der Waals surface area contributed by atoms with Gasteiger partial charge in [-0.05, 0) is 98.2 Å². The van der Waals surface area contributed by atoms with E-state index < -0.39 is 0 Å². The average molecular weight is 430 g/mol. The van der Waals surface area contributed by atoms with Crippen molar-refractivity contribution in [1.29, 1.82) is 0 Å². The number of ether oxygens (including phenoxy) is 1. The topological polar surface area (TPSA) is 61.7 Å². The lowest BCUT2D eigenvalue weighted by Crippen LogP contribution is -2.57. The Balaban J connectivity index is 1.26. The van der Waals surface area contributed by atoms with Crippen LogP contribution in [0.5, 0.6) is 0 Å². The molecule has 0 aromatic heterocycles. The number of aliphatic hydroxyl groups is 2. The van der Waals surface area contributed by atoms with E-state index in [1.165, 1.54) is 32.1 Å². The molecule has 2 aliphatic heterocycles. The van der Waals surface area contributed by atoms with E-state index in [1.54, 1.807) is 5.57 Å². The molecule has 2 saturated heterocycles. The standard InChI is InChI=1S/C27H43NO3/c1-16-24-23(31-27(16)11-6-17(15-29)14-28-27)13-22-20-5-4-18-12-19(30)7-9-25(18,2)21(20)8-10-26(22,24)3/h4,16-17,19-24,28-30H,5-15H2,1-3H3/t16-,17-,19-,20-,21-,22+,23-,24-,25-,26-,27+/m0/s1. The Hall–Kier alpha value is -0.420. The van der Waals surface area contributed by atoms with Gasteiger partial charge in [-0.3, -0.25) is 5.32 Å². The summed E-state index contributed by atoms with van der Waals surface area (Å²) in [7, 11) is 0. The van der Waals surface area contributed by atoms with Gasteiger partial charge in [0.15, 0.2) is 0 Å². The van der Waals surface area contributed by atoms with Gasteiger partial charge in [0.1, 0.15) is 5.72 Å². The minimum absolute atomic E-state index is 0.116. The highest BCUT2D eigenvalue weighted by Gasteiger charge is 2.68. The number of hydrogen-bond donors (Lipinski definition) is 3. The molecular weight excluding hydrogens is 386 g/mol. The molecule has 0 radical (unpaired) electrons. The van der Waals surface area contributed by atoms with Crippen LogP contribution in [-0.4, -0.2) is 41.3 Å². The van der Waals surface area contributed by atoms with E-state index in [4.69, 9.17) is 4.74 Å². The highest BCUT2D eigenvalue weighted by molar-refractivity contribution is 5.26. The van der Waals surface area contributed by atoms with Crippen molar-refractivity contribution in [3.8, 4) is 0 Å². The third kappa shape index (κ3) is 2.80. The Morgan fingerprint density at radius 3 is 2.71 bits per heavy atom. The largest absolute Gasteiger partial charge is 0.396 e. The lowest BCUT2D eigenvalue weighted by Gasteiger charge is -2.58. The third-order valence-electron chi connectivity index (χ3n) is 11.7. The molecule has 5 fully saturated rings. The van der Waals surface area contributed by atoms with Gasteiger partial charge in [0.2, 0.25) is 0 Å². The number of piperidine rings is 1. The Labute approximate surface area is 188 Å². The van der Waals surface area contributed by atoms with Gasteiger partial charge in [-0.15, -0.1) is 0 Å². The van der Waals surface area contributed by atoms with E-state index in [2.05, 4.69) is 32.2 Å². The van der Waals surface area contributed by atoms with Crippen molar-refractivity contribution in [2.24, 2.45) is 46.3 Å². The van der Waals surface area contributed by atoms with Gasteiger partial charge in [-0.1, -0.05) is 32.4 Å². The molecule has 0 bridgehead atoms. The van der Waals surface area contributed by atoms with Crippen LogP contribution in [0, 0.1) is 46.3 Å². The number of allylic oxidation sites excluding steroid dienone is 1. The van der Waals surface area contributed by atoms with Crippen molar-refractivity contribution in [2.45, 2.75) is 96.5 Å². The normalized spacial score (nSPS) is 58.3. The van der Waals surface area contributed by atoms with E-state index in [0.717, 1.165) is 50.0 Å². The minimum atomic E-state index is -0.156. The summed E-state index contributed by atoms with van der Waals surface area (Å²) in [5, 5.41) is 23.6. The van der Waals surface area contributed by atoms with Gasteiger partial charge in [-0.25, -0.2) is 0 Å². The summed E-state index contributed by atoms with van der Waals surface area (Å²) in [5.41, 5.74) is 2.12. The highest BCUT2D eigenvalue weighted by Crippen LogP contribution is 2.70. The summed E-state index contributed by atoms with van der Waals surface area (Å²) >= 11 is 0. The average Bonchev–Trinajstić information content (AvgIpc) is 3.20. The maximum absolute atomic E-state index is 10.3. The fourth-order valence-corrected chi connectivity index (χ4v) is 9.92. The molecule has 0 unspecified atom stereocenters. The van der Waals surface area contributed by atoms with E-state index >= 15 is 0 Å². The van der Waals surface area contributed by atoms with Crippen molar-refractivity contribution in [3.05, 3.63) is 11.6 Å². The second kappa shape index (κ2) is 7.04. The SMILES string of the molecule is C[C@H]1[C@H]2[C@H](C[C@@H]3[C@H]4CC=C5C[C@@H](O)CC[C@]5(C)[C@H]4CC[C@]23C)O[C@]12CC[C@H](CO)CN2. The molecule has 2 heterocycles. The van der Waals surface area contributed by atoms with E-state index in [0.29, 0.717) is 41.3 Å². The van der Waals surface area contributed by atoms with Crippen molar-refractivity contribution >= 4 is 0 Å². The minimum Gasteiger partial charge on any atom is -0.396 e. The number of hydrogen-bond acceptors (Lipinski definition) is 4. The van der Waals surface area contributed by atoms with Gasteiger partial charge in [0.05, 0.1) is 12.2 Å². The molecule has 0 aromatic carbocycles. The fraction of sp³-hybridized carbons (Fsp3) is 0.926. The van der Waals surface area contributed by atoms with E-state index in [9.17, 15) is 10.2 Å². The first-order chi connectivity index (χ1) is 14.8. The van der Waals surface area contributed by atoms with Gasteiger partial charge < -0.3 is 14.9 Å². The molecule has 4 nitrogen and oxygen atoms in total. The lowest BCUT2D eigenvalue weighted by molar-refractivity contribution is -0.118. The van der Waals surface area contributed by atoms with E-state index in [-0.39, 0.29) is 11.8 Å². The number of nitrogens with one attached hydrogen (secondary N) is 1. The second-order valence-corrected chi connectivity index (χ2v) is 12.8. The van der Waals surface area contributed by atoms with Crippen LogP contribution in [-0.2, 0) is 4.74 Å². The van der Waals surface area contributed by atoms with Crippen LogP contribution in [0.1, 0.15) is 78.6 Å². The zero-order valence-corrected chi connectivity index (χ0v) is 19.8. The van der Waals surface area contributed by atoms with Crippen LogP contribution in [0.3, 0.4) is 0 Å². The fourth-order valence-electron chi connectivity index (χ4n) is 9.92. The molecule has 11 atom stereocenters. The van der Waals surface area contributed by atoms with Crippen LogP contribution >= 0.6 is 0 Å². The van der Waals surface area contributed by atoms with Gasteiger partial charge in [0, 0.05) is 19.1 Å². The first-order valence-electron chi connectivity index (χ1n) is 13.2. The smallest absolute Gasteiger partial charge is 0.122 e. The van der Waals surface area contributed by atoms with E-state index in [1.807, 2.05) is 0 Å². The molecule has 4 heteroatoms. The summed E-state index contributed by atoms with van der Waals surface area (Å²) in [4.78, 5) is 0. The van der Waals surface area contributed by atoms with Crippen molar-refractivity contribution in [3.63, 3.8) is 0 Å². The Morgan fingerprint density at radius 2 is 1.97 bits per heavy atom. The second-order valence-electron chi connectivity index (χ2n) is 12.8. The maximum atomic E-state index is 10.3. The first kappa shape index (κ1) is 21.1. The third-order valence-corrected chi connectivity index (χ3v) is 11.7. The van der Waals surface area contributed by atoms with Gasteiger partial charge >= 0.3 is 0 Å². The molecular formula is C27H43NO3. The molecule has 174 valence electrons. The summed E-state index contributed by atoms with van der Waals surface area (Å²) in [6, 6.07) is 0. The molecule has 4 aliphatic carbocycles. The summed E-state index contributed by atoms with van der Waals surface area (Å²) < 4.78 is 6.96. The predicted octanol–water partition coefficient (Wildman–Crippen LogP) is 4.26. The van der Waals surface area contributed by atoms with Crippen molar-refractivity contribution in [2.75, 3.05) is 13.2 Å². The number of rotatable bonds is 1. The molecule has 1 spiro atoms.